The van der Waals surface area contributed by atoms with Crippen LogP contribution >= 0.6 is 0 Å². The van der Waals surface area contributed by atoms with Crippen molar-refractivity contribution in [2.75, 3.05) is 32.0 Å². The van der Waals surface area contributed by atoms with E-state index in [1.165, 1.54) is 0 Å². The van der Waals surface area contributed by atoms with E-state index in [0.717, 1.165) is 25.2 Å². The van der Waals surface area contributed by atoms with E-state index >= 15 is 0 Å². The molecule has 3 N–H and O–H groups in total. The molecule has 0 aliphatic carbocycles. The molecule has 1 aromatic carbocycles. The average Bonchev–Trinajstić information content (AvgIpc) is 2.38. The molecule has 122 valence electrons. The van der Waals surface area contributed by atoms with Gasteiger partial charge in [0.25, 0.3) is 0 Å². The number of phenols is 1. The monoisotopic (exact) mass is 307 g/mol. The van der Waals surface area contributed by atoms with Crippen molar-refractivity contribution >= 4 is 11.8 Å². The first-order valence-electron chi connectivity index (χ1n) is 7.50. The predicted molar refractivity (Wildman–Crippen MR) is 86.2 cm³/mol. The van der Waals surface area contributed by atoms with Crippen LogP contribution in [0.2, 0.25) is 0 Å². The smallest absolute Gasteiger partial charge is 0.412 e. The van der Waals surface area contributed by atoms with Crippen LogP contribution in [0.25, 0.3) is 0 Å². The zero-order valence-corrected chi connectivity index (χ0v) is 13.6. The van der Waals surface area contributed by atoms with Crippen LogP contribution in [0.3, 0.4) is 0 Å². The third-order valence-electron chi connectivity index (χ3n) is 3.55. The van der Waals surface area contributed by atoms with E-state index in [1.54, 1.807) is 32.9 Å². The number of aromatic hydroxyl groups is 1. The molecule has 1 fully saturated rings. The molecule has 1 heterocycles. The van der Waals surface area contributed by atoms with E-state index in [0.29, 0.717) is 5.69 Å². The van der Waals surface area contributed by atoms with E-state index in [1.807, 2.05) is 13.1 Å². The maximum absolute atomic E-state index is 11.7. The number of phenolic OH excluding ortho intramolecular Hbond substituents is 1. The Morgan fingerprint density at radius 1 is 1.45 bits per heavy atom. The highest BCUT2D eigenvalue weighted by atomic mass is 16.6. The number of piperazine rings is 1. The molecular weight excluding hydrogens is 282 g/mol. The maximum Gasteiger partial charge on any atom is 0.412 e. The minimum Gasteiger partial charge on any atom is -0.508 e. The van der Waals surface area contributed by atoms with Gasteiger partial charge < -0.3 is 15.2 Å². The molecule has 6 heteroatoms. The highest BCUT2D eigenvalue weighted by molar-refractivity contribution is 5.85. The molecule has 0 aromatic heterocycles. The number of anilines is 1. The van der Waals surface area contributed by atoms with Gasteiger partial charge >= 0.3 is 6.09 Å². The van der Waals surface area contributed by atoms with Crippen molar-refractivity contribution in [2.45, 2.75) is 32.4 Å². The summed E-state index contributed by atoms with van der Waals surface area (Å²) >= 11 is 0. The number of carbonyl (C=O) groups is 1. The van der Waals surface area contributed by atoms with Gasteiger partial charge in [0, 0.05) is 37.0 Å². The van der Waals surface area contributed by atoms with Crippen molar-refractivity contribution in [3.63, 3.8) is 0 Å². The molecule has 1 saturated heterocycles. The van der Waals surface area contributed by atoms with Gasteiger partial charge in [0.1, 0.15) is 11.4 Å². The second kappa shape index (κ2) is 6.54. The first-order valence-corrected chi connectivity index (χ1v) is 7.50. The molecule has 0 bridgehead atoms. The van der Waals surface area contributed by atoms with Gasteiger partial charge in [-0.05, 0) is 33.9 Å². The number of nitrogens with zero attached hydrogens (tertiary/aromatic N) is 1. The molecule has 1 amide bonds. The number of ether oxygens (including phenoxy) is 1. The Bertz CT molecular complexity index is 540. The highest BCUT2D eigenvalue weighted by Crippen LogP contribution is 2.31. The second-order valence-corrected chi connectivity index (χ2v) is 6.60. The summed E-state index contributed by atoms with van der Waals surface area (Å²) in [5, 5.41) is 16.2. The van der Waals surface area contributed by atoms with E-state index in [4.69, 9.17) is 4.74 Å². The highest BCUT2D eigenvalue weighted by Gasteiger charge is 2.23. The third kappa shape index (κ3) is 4.35. The molecular formula is C16H25N3O3. The summed E-state index contributed by atoms with van der Waals surface area (Å²) in [6.45, 7) is 8.09. The fourth-order valence-electron chi connectivity index (χ4n) is 2.48. The van der Waals surface area contributed by atoms with Gasteiger partial charge in [-0.15, -0.1) is 0 Å². The number of nitrogens with one attached hydrogen (secondary N) is 2. The molecule has 1 aliphatic heterocycles. The lowest BCUT2D eigenvalue weighted by Gasteiger charge is -2.33. The van der Waals surface area contributed by atoms with Gasteiger partial charge in [0.05, 0.1) is 6.04 Å². The van der Waals surface area contributed by atoms with Crippen LogP contribution in [0.5, 0.6) is 5.75 Å². The largest absolute Gasteiger partial charge is 0.508 e. The minimum absolute atomic E-state index is 0.129. The van der Waals surface area contributed by atoms with Crippen LogP contribution in [0.4, 0.5) is 10.5 Å². The zero-order chi connectivity index (χ0) is 16.3. The number of hydrogen-bond donors (Lipinski definition) is 3. The summed E-state index contributed by atoms with van der Waals surface area (Å²) in [6, 6.07) is 5.31. The standard InChI is InChI=1S/C16H25N3O3/c1-16(2,3)22-15(21)18-11-5-6-12(14(20)9-11)13-10-17-7-8-19(13)4/h5-6,9,13,17,20H,7-8,10H2,1-4H3,(H,18,21). The van der Waals surface area contributed by atoms with Gasteiger partial charge in [-0.1, -0.05) is 6.07 Å². The third-order valence-corrected chi connectivity index (χ3v) is 3.55. The number of likely N-dealkylation sites (N-methyl/N-ethyl adjacent to an activating group) is 1. The summed E-state index contributed by atoms with van der Waals surface area (Å²) < 4.78 is 5.20. The molecule has 0 saturated carbocycles. The van der Waals surface area contributed by atoms with Crippen molar-refractivity contribution < 1.29 is 14.6 Å². The molecule has 22 heavy (non-hydrogen) atoms. The SMILES string of the molecule is CN1CCNCC1c1ccc(NC(=O)OC(C)(C)C)cc1O. The lowest BCUT2D eigenvalue weighted by molar-refractivity contribution is 0.0636. The number of rotatable bonds is 2. The lowest BCUT2D eigenvalue weighted by atomic mass is 10.0. The lowest BCUT2D eigenvalue weighted by Crippen LogP contribution is -2.43. The molecule has 1 unspecified atom stereocenters. The molecule has 6 nitrogen and oxygen atoms in total. The first-order chi connectivity index (χ1) is 10.3. The van der Waals surface area contributed by atoms with Crippen LogP contribution in [-0.2, 0) is 4.74 Å². The van der Waals surface area contributed by atoms with Gasteiger partial charge in [-0.3, -0.25) is 10.2 Å². The van der Waals surface area contributed by atoms with Crippen LogP contribution in [-0.4, -0.2) is 48.4 Å². The van der Waals surface area contributed by atoms with Gasteiger partial charge in [0.2, 0.25) is 0 Å². The zero-order valence-electron chi connectivity index (χ0n) is 13.6. The molecule has 0 radical (unpaired) electrons. The second-order valence-electron chi connectivity index (χ2n) is 6.60. The van der Waals surface area contributed by atoms with Crippen molar-refractivity contribution in [1.29, 1.82) is 0 Å². The normalized spacial score (nSPS) is 19.7. The minimum atomic E-state index is -0.553. The summed E-state index contributed by atoms with van der Waals surface area (Å²) in [4.78, 5) is 13.9. The van der Waals surface area contributed by atoms with E-state index in [9.17, 15) is 9.90 Å². The summed E-state index contributed by atoms with van der Waals surface area (Å²) in [6.07, 6.45) is -0.531. The van der Waals surface area contributed by atoms with Crippen LogP contribution < -0.4 is 10.6 Å². The summed E-state index contributed by atoms with van der Waals surface area (Å²) in [7, 11) is 2.04. The summed E-state index contributed by atoms with van der Waals surface area (Å²) in [5.41, 5.74) is 0.814. The topological polar surface area (TPSA) is 73.8 Å². The van der Waals surface area contributed by atoms with Gasteiger partial charge in [-0.2, -0.15) is 0 Å². The molecule has 0 spiro atoms. The number of benzene rings is 1. The van der Waals surface area contributed by atoms with Crippen molar-refractivity contribution in [3.8, 4) is 5.75 Å². The van der Waals surface area contributed by atoms with Crippen LogP contribution in [0.1, 0.15) is 32.4 Å². The Morgan fingerprint density at radius 2 is 2.18 bits per heavy atom. The Hall–Kier alpha value is -1.79. The first kappa shape index (κ1) is 16.6. The molecule has 1 aliphatic rings. The molecule has 1 aromatic rings. The van der Waals surface area contributed by atoms with Crippen molar-refractivity contribution in [3.05, 3.63) is 23.8 Å². The van der Waals surface area contributed by atoms with E-state index in [-0.39, 0.29) is 11.8 Å². The predicted octanol–water partition coefficient (Wildman–Crippen LogP) is 2.32. The fraction of sp³-hybridized carbons (Fsp3) is 0.562. The average molecular weight is 307 g/mol. The summed E-state index contributed by atoms with van der Waals surface area (Å²) in [5.74, 6) is 0.175. The Balaban J connectivity index is 2.08. The quantitative estimate of drug-likeness (QED) is 0.782. The van der Waals surface area contributed by atoms with Crippen molar-refractivity contribution in [2.24, 2.45) is 0 Å². The maximum atomic E-state index is 11.7. The Morgan fingerprint density at radius 3 is 2.77 bits per heavy atom. The Labute approximate surface area is 131 Å². The Kier molecular flexibility index (Phi) is 4.93. The number of amides is 1. The van der Waals surface area contributed by atoms with Gasteiger partial charge in [-0.25, -0.2) is 4.79 Å². The molecule has 1 atom stereocenters. The van der Waals surface area contributed by atoms with Crippen LogP contribution in [0, 0.1) is 0 Å². The van der Waals surface area contributed by atoms with Crippen molar-refractivity contribution in [1.82, 2.24) is 10.2 Å². The number of hydrogen-bond acceptors (Lipinski definition) is 5. The fourth-order valence-corrected chi connectivity index (χ4v) is 2.48. The van der Waals surface area contributed by atoms with Gasteiger partial charge in [0.15, 0.2) is 0 Å². The molecule has 2 rings (SSSR count). The number of carbonyl (C=O) groups excluding carboxylic acids is 1. The van der Waals surface area contributed by atoms with Crippen LogP contribution in [0.15, 0.2) is 18.2 Å². The van der Waals surface area contributed by atoms with E-state index < -0.39 is 11.7 Å². The van der Waals surface area contributed by atoms with E-state index in [2.05, 4.69) is 15.5 Å².